The third-order valence-corrected chi connectivity index (χ3v) is 6.15. The van der Waals surface area contributed by atoms with E-state index in [2.05, 4.69) is 5.32 Å². The maximum Gasteiger partial charge on any atom is 0.317 e. The lowest BCUT2D eigenvalue weighted by Crippen LogP contribution is -2.56. The standard InChI is InChI=1S/C18H31N3O4/c1-2-20(12-17(22)23)16-9-15(10-16)19-18(24)21-6-3-14(11-21)13-4-7-25-8-5-13/h13-16H,2-12H2,1H3,(H,19,24)(H,22,23). The predicted octanol–water partition coefficient (Wildman–Crippen LogP) is 1.38. The minimum absolute atomic E-state index is 0.0549. The minimum atomic E-state index is -0.787. The van der Waals surface area contributed by atoms with Gasteiger partial charge in [0.1, 0.15) is 0 Å². The van der Waals surface area contributed by atoms with Gasteiger partial charge in [-0.2, -0.15) is 0 Å². The molecule has 25 heavy (non-hydrogen) atoms. The first-order valence-electron chi connectivity index (χ1n) is 9.65. The Morgan fingerprint density at radius 1 is 1.20 bits per heavy atom. The molecule has 2 aliphatic heterocycles. The highest BCUT2D eigenvalue weighted by molar-refractivity contribution is 5.75. The van der Waals surface area contributed by atoms with Crippen LogP contribution in [0.15, 0.2) is 0 Å². The van der Waals surface area contributed by atoms with Crippen LogP contribution in [-0.2, 0) is 9.53 Å². The van der Waals surface area contributed by atoms with E-state index in [-0.39, 0.29) is 24.7 Å². The zero-order chi connectivity index (χ0) is 17.8. The Bertz CT molecular complexity index is 475. The number of nitrogens with one attached hydrogen (secondary N) is 1. The fourth-order valence-corrected chi connectivity index (χ4v) is 4.49. The summed E-state index contributed by atoms with van der Waals surface area (Å²) in [7, 11) is 0. The van der Waals surface area contributed by atoms with Crippen LogP contribution in [-0.4, -0.2) is 78.4 Å². The number of ether oxygens (including phenoxy) is 1. The number of aliphatic carboxylic acids is 1. The molecule has 0 aromatic rings. The molecule has 2 heterocycles. The molecule has 2 amide bonds. The Kier molecular flexibility index (Phi) is 6.17. The van der Waals surface area contributed by atoms with Crippen molar-refractivity contribution < 1.29 is 19.4 Å². The van der Waals surface area contributed by atoms with E-state index in [1.807, 2.05) is 16.7 Å². The predicted molar refractivity (Wildman–Crippen MR) is 93.4 cm³/mol. The number of nitrogens with zero attached hydrogens (tertiary/aromatic N) is 2. The Labute approximate surface area is 149 Å². The Hall–Kier alpha value is -1.34. The highest BCUT2D eigenvalue weighted by atomic mass is 16.5. The number of amides is 2. The maximum absolute atomic E-state index is 12.5. The molecule has 1 saturated carbocycles. The summed E-state index contributed by atoms with van der Waals surface area (Å²) in [5, 5.41) is 12.1. The molecule has 3 fully saturated rings. The van der Waals surface area contributed by atoms with E-state index in [0.29, 0.717) is 11.8 Å². The van der Waals surface area contributed by atoms with E-state index in [1.54, 1.807) is 0 Å². The molecule has 7 nitrogen and oxygen atoms in total. The molecule has 0 bridgehead atoms. The Balaban J connectivity index is 1.38. The van der Waals surface area contributed by atoms with Gasteiger partial charge in [-0.1, -0.05) is 6.92 Å². The van der Waals surface area contributed by atoms with Crippen molar-refractivity contribution in [1.29, 1.82) is 0 Å². The van der Waals surface area contributed by atoms with Crippen molar-refractivity contribution in [3.05, 3.63) is 0 Å². The average Bonchev–Trinajstić information content (AvgIpc) is 3.06. The number of carboxylic acids is 1. The average molecular weight is 353 g/mol. The van der Waals surface area contributed by atoms with E-state index >= 15 is 0 Å². The SMILES string of the molecule is CCN(CC(=O)O)C1CC(NC(=O)N2CCC(C3CCOCC3)C2)C1. The van der Waals surface area contributed by atoms with Gasteiger partial charge in [0.15, 0.2) is 0 Å². The third kappa shape index (κ3) is 4.64. The summed E-state index contributed by atoms with van der Waals surface area (Å²) in [5.41, 5.74) is 0. The molecule has 1 aliphatic carbocycles. The molecule has 2 N–H and O–H groups in total. The molecular formula is C18H31N3O4. The number of likely N-dealkylation sites (tertiary alicyclic amines) is 1. The van der Waals surface area contributed by atoms with Gasteiger partial charge >= 0.3 is 12.0 Å². The number of hydrogen-bond donors (Lipinski definition) is 2. The van der Waals surface area contributed by atoms with E-state index in [0.717, 1.165) is 65.0 Å². The highest BCUT2D eigenvalue weighted by Gasteiger charge is 2.37. The molecule has 0 aromatic carbocycles. The van der Waals surface area contributed by atoms with Gasteiger partial charge in [0.25, 0.3) is 0 Å². The van der Waals surface area contributed by atoms with Crippen LogP contribution in [0.1, 0.15) is 39.0 Å². The smallest absolute Gasteiger partial charge is 0.317 e. The summed E-state index contributed by atoms with van der Waals surface area (Å²) in [4.78, 5) is 27.3. The summed E-state index contributed by atoms with van der Waals surface area (Å²) < 4.78 is 5.44. The summed E-state index contributed by atoms with van der Waals surface area (Å²) in [5.74, 6) is 0.536. The zero-order valence-electron chi connectivity index (χ0n) is 15.2. The number of carbonyl (C=O) groups is 2. The molecule has 1 atom stereocenters. The molecule has 3 rings (SSSR count). The van der Waals surface area contributed by atoms with E-state index < -0.39 is 5.97 Å². The largest absolute Gasteiger partial charge is 0.480 e. The van der Waals surface area contributed by atoms with Crippen molar-refractivity contribution in [2.45, 2.75) is 51.1 Å². The molecule has 2 saturated heterocycles. The van der Waals surface area contributed by atoms with E-state index in [1.165, 1.54) is 0 Å². The summed E-state index contributed by atoms with van der Waals surface area (Å²) in [6, 6.07) is 0.515. The molecule has 142 valence electrons. The van der Waals surface area contributed by atoms with Gasteiger partial charge in [-0.15, -0.1) is 0 Å². The second-order valence-corrected chi connectivity index (χ2v) is 7.67. The van der Waals surface area contributed by atoms with Crippen molar-refractivity contribution in [3.8, 4) is 0 Å². The first-order valence-corrected chi connectivity index (χ1v) is 9.65. The van der Waals surface area contributed by atoms with E-state index in [9.17, 15) is 9.59 Å². The zero-order valence-corrected chi connectivity index (χ0v) is 15.2. The quantitative estimate of drug-likeness (QED) is 0.754. The number of rotatable bonds is 6. The van der Waals surface area contributed by atoms with Crippen LogP contribution in [0.5, 0.6) is 0 Å². The number of urea groups is 1. The van der Waals surface area contributed by atoms with Gasteiger partial charge in [-0.05, 0) is 50.5 Å². The highest BCUT2D eigenvalue weighted by Crippen LogP contribution is 2.31. The maximum atomic E-state index is 12.5. The van der Waals surface area contributed by atoms with Crippen LogP contribution in [0, 0.1) is 11.8 Å². The molecule has 0 radical (unpaired) electrons. The van der Waals surface area contributed by atoms with Crippen molar-refractivity contribution in [2.24, 2.45) is 11.8 Å². The lowest BCUT2D eigenvalue weighted by Gasteiger charge is -2.42. The van der Waals surface area contributed by atoms with Gasteiger partial charge in [0.2, 0.25) is 0 Å². The first kappa shape index (κ1) is 18.5. The molecular weight excluding hydrogens is 322 g/mol. The van der Waals surface area contributed by atoms with Gasteiger partial charge in [0, 0.05) is 38.4 Å². The van der Waals surface area contributed by atoms with Crippen molar-refractivity contribution in [3.63, 3.8) is 0 Å². The lowest BCUT2D eigenvalue weighted by molar-refractivity contribution is -0.139. The van der Waals surface area contributed by atoms with Crippen LogP contribution in [0.3, 0.4) is 0 Å². The molecule has 1 unspecified atom stereocenters. The first-order chi connectivity index (χ1) is 12.1. The fraction of sp³-hybridized carbons (Fsp3) is 0.889. The Morgan fingerprint density at radius 2 is 1.92 bits per heavy atom. The van der Waals surface area contributed by atoms with Crippen molar-refractivity contribution in [1.82, 2.24) is 15.1 Å². The molecule has 3 aliphatic rings. The number of carboxylic acid groups (broad SMARTS) is 1. The van der Waals surface area contributed by atoms with Crippen LogP contribution in [0.2, 0.25) is 0 Å². The number of hydrogen-bond acceptors (Lipinski definition) is 4. The fourth-order valence-electron chi connectivity index (χ4n) is 4.49. The summed E-state index contributed by atoms with van der Waals surface area (Å²) in [6.45, 7) is 6.24. The second-order valence-electron chi connectivity index (χ2n) is 7.67. The Morgan fingerprint density at radius 3 is 2.56 bits per heavy atom. The topological polar surface area (TPSA) is 82.1 Å². The molecule has 0 spiro atoms. The van der Waals surface area contributed by atoms with Crippen LogP contribution in [0.25, 0.3) is 0 Å². The van der Waals surface area contributed by atoms with Crippen LogP contribution in [0.4, 0.5) is 4.79 Å². The van der Waals surface area contributed by atoms with Crippen molar-refractivity contribution >= 4 is 12.0 Å². The van der Waals surface area contributed by atoms with E-state index in [4.69, 9.17) is 9.84 Å². The minimum Gasteiger partial charge on any atom is -0.480 e. The van der Waals surface area contributed by atoms with Crippen molar-refractivity contribution in [2.75, 3.05) is 39.4 Å². The number of carbonyl (C=O) groups excluding carboxylic acids is 1. The summed E-state index contributed by atoms with van der Waals surface area (Å²) >= 11 is 0. The van der Waals surface area contributed by atoms with Crippen LogP contribution >= 0.6 is 0 Å². The molecule has 7 heteroatoms. The van der Waals surface area contributed by atoms with Gasteiger partial charge < -0.3 is 20.1 Å². The molecule has 0 aromatic heterocycles. The second kappa shape index (κ2) is 8.36. The monoisotopic (exact) mass is 353 g/mol. The summed E-state index contributed by atoms with van der Waals surface area (Å²) in [6.07, 6.45) is 5.06. The van der Waals surface area contributed by atoms with Gasteiger partial charge in [0.05, 0.1) is 6.54 Å². The normalized spacial score (nSPS) is 30.3. The lowest BCUT2D eigenvalue weighted by atomic mass is 9.85. The van der Waals surface area contributed by atoms with Gasteiger partial charge in [-0.3, -0.25) is 9.69 Å². The van der Waals surface area contributed by atoms with Crippen LogP contribution < -0.4 is 5.32 Å². The van der Waals surface area contributed by atoms with Gasteiger partial charge in [-0.25, -0.2) is 4.79 Å². The third-order valence-electron chi connectivity index (χ3n) is 6.15. The number of likely N-dealkylation sites (N-methyl/N-ethyl adjacent to an activating group) is 1.